The van der Waals surface area contributed by atoms with E-state index in [0.29, 0.717) is 30.0 Å². The quantitative estimate of drug-likeness (QED) is 0.786. The van der Waals surface area contributed by atoms with E-state index in [2.05, 4.69) is 0 Å². The minimum Gasteiger partial charge on any atom is -0.469 e. The second kappa shape index (κ2) is 7.75. The lowest BCUT2D eigenvalue weighted by atomic mass is 9.90. The molecule has 1 aliphatic rings. The van der Waals surface area contributed by atoms with Crippen LogP contribution in [0.1, 0.15) is 18.4 Å². The van der Waals surface area contributed by atoms with E-state index >= 15 is 0 Å². The molecule has 126 valence electrons. The Hall–Kier alpha value is -1.66. The van der Waals surface area contributed by atoms with Crippen molar-refractivity contribution in [2.45, 2.75) is 25.4 Å². The van der Waals surface area contributed by atoms with Gasteiger partial charge in [0.15, 0.2) is 0 Å². The molecule has 0 spiro atoms. The third kappa shape index (κ3) is 4.20. The Labute approximate surface area is 139 Å². The number of piperidine rings is 1. The molecule has 1 saturated heterocycles. The van der Waals surface area contributed by atoms with Crippen LogP contribution in [0, 0.1) is 11.7 Å². The van der Waals surface area contributed by atoms with Crippen LogP contribution in [0.3, 0.4) is 0 Å². The normalized spacial score (nSPS) is 21.7. The zero-order valence-corrected chi connectivity index (χ0v) is 13.8. The lowest BCUT2D eigenvalue weighted by molar-refractivity contribution is -0.154. The number of halogens is 2. The number of carbonyl (C=O) groups is 2. The summed E-state index contributed by atoms with van der Waals surface area (Å²) in [6.07, 6.45) is 0.851. The number of benzene rings is 1. The van der Waals surface area contributed by atoms with Gasteiger partial charge in [0, 0.05) is 23.7 Å². The van der Waals surface area contributed by atoms with Crippen LogP contribution < -0.4 is 0 Å². The van der Waals surface area contributed by atoms with Crippen molar-refractivity contribution < 1.29 is 23.5 Å². The predicted octanol–water partition coefficient (Wildman–Crippen LogP) is 2.41. The first kappa shape index (κ1) is 17.7. The third-order valence-corrected chi connectivity index (χ3v) is 4.34. The Morgan fingerprint density at radius 1 is 1.30 bits per heavy atom. The van der Waals surface area contributed by atoms with Gasteiger partial charge in [-0.25, -0.2) is 4.39 Å². The molecule has 1 aromatic rings. The predicted molar refractivity (Wildman–Crippen MR) is 82.4 cm³/mol. The molecule has 0 aromatic heterocycles. The largest absolute Gasteiger partial charge is 0.469 e. The second-order valence-corrected chi connectivity index (χ2v) is 5.93. The van der Waals surface area contributed by atoms with Gasteiger partial charge in [-0.2, -0.15) is 0 Å². The Morgan fingerprint density at radius 2 is 2.00 bits per heavy atom. The highest BCUT2D eigenvalue weighted by molar-refractivity contribution is 6.30. The molecule has 2 rings (SSSR count). The zero-order valence-electron chi connectivity index (χ0n) is 13.1. The van der Waals surface area contributed by atoms with Crippen molar-refractivity contribution in [3.63, 3.8) is 0 Å². The van der Waals surface area contributed by atoms with Crippen LogP contribution in [-0.4, -0.2) is 43.6 Å². The lowest BCUT2D eigenvalue weighted by Gasteiger charge is -2.36. The smallest absolute Gasteiger partial charge is 0.323 e. The van der Waals surface area contributed by atoms with Gasteiger partial charge < -0.3 is 9.47 Å². The van der Waals surface area contributed by atoms with Gasteiger partial charge in [-0.05, 0) is 25.0 Å². The molecule has 0 radical (unpaired) electrons. The molecule has 1 heterocycles. The number of carbonyl (C=O) groups excluding carboxylic acids is 2. The summed E-state index contributed by atoms with van der Waals surface area (Å²) in [5.41, 5.74) is 0.444. The molecule has 1 aromatic carbocycles. The summed E-state index contributed by atoms with van der Waals surface area (Å²) in [5, 5.41) is 0.320. The van der Waals surface area contributed by atoms with Gasteiger partial charge in [0.25, 0.3) is 0 Å². The molecule has 0 amide bonds. The molecule has 2 atom stereocenters. The Morgan fingerprint density at radius 3 is 2.61 bits per heavy atom. The Kier molecular flexibility index (Phi) is 5.96. The van der Waals surface area contributed by atoms with Crippen LogP contribution in [0.2, 0.25) is 5.02 Å². The standard InChI is InChI=1S/C16H19ClFNO4/c1-22-15(20)10-5-6-19(14(7-10)16(21)23-2)9-11-3-4-12(17)8-13(11)18/h3-4,8,10,14H,5-7,9H2,1-2H3. The number of hydrogen-bond acceptors (Lipinski definition) is 5. The molecular formula is C16H19ClFNO4. The SMILES string of the molecule is COC(=O)C1CCN(Cc2ccc(Cl)cc2F)C(C(=O)OC)C1. The molecule has 23 heavy (non-hydrogen) atoms. The van der Waals surface area contributed by atoms with Gasteiger partial charge in [0.05, 0.1) is 20.1 Å². The fraction of sp³-hybridized carbons (Fsp3) is 0.500. The molecule has 5 nitrogen and oxygen atoms in total. The van der Waals surface area contributed by atoms with Gasteiger partial charge in [0.1, 0.15) is 11.9 Å². The third-order valence-electron chi connectivity index (χ3n) is 4.11. The first-order valence-electron chi connectivity index (χ1n) is 7.30. The van der Waals surface area contributed by atoms with Crippen LogP contribution in [-0.2, 0) is 25.6 Å². The highest BCUT2D eigenvalue weighted by Crippen LogP contribution is 2.27. The fourth-order valence-corrected chi connectivity index (χ4v) is 2.99. The molecule has 0 saturated carbocycles. The first-order valence-corrected chi connectivity index (χ1v) is 7.67. The first-order chi connectivity index (χ1) is 11.0. The lowest BCUT2D eigenvalue weighted by Crippen LogP contribution is -2.48. The van der Waals surface area contributed by atoms with E-state index in [4.69, 9.17) is 21.1 Å². The number of ether oxygens (including phenoxy) is 2. The maximum Gasteiger partial charge on any atom is 0.323 e. The number of esters is 2. The van der Waals surface area contributed by atoms with Gasteiger partial charge in [-0.1, -0.05) is 17.7 Å². The van der Waals surface area contributed by atoms with E-state index in [0.717, 1.165) is 0 Å². The maximum absolute atomic E-state index is 14.0. The fourth-order valence-electron chi connectivity index (χ4n) is 2.83. The molecule has 1 fully saturated rings. The molecule has 0 N–H and O–H groups in total. The molecule has 0 aliphatic carbocycles. The topological polar surface area (TPSA) is 55.8 Å². The minimum absolute atomic E-state index is 0.247. The number of hydrogen-bond donors (Lipinski definition) is 0. The van der Waals surface area contributed by atoms with Gasteiger partial charge >= 0.3 is 11.9 Å². The van der Waals surface area contributed by atoms with Crippen molar-refractivity contribution in [2.24, 2.45) is 5.92 Å². The van der Waals surface area contributed by atoms with Gasteiger partial charge in [-0.3, -0.25) is 14.5 Å². The summed E-state index contributed by atoms with van der Waals surface area (Å²) < 4.78 is 23.5. The van der Waals surface area contributed by atoms with Crippen molar-refractivity contribution in [2.75, 3.05) is 20.8 Å². The van der Waals surface area contributed by atoms with Crippen molar-refractivity contribution >= 4 is 23.5 Å². The van der Waals surface area contributed by atoms with Gasteiger partial charge in [-0.15, -0.1) is 0 Å². The van der Waals surface area contributed by atoms with Crippen LogP contribution in [0.4, 0.5) is 4.39 Å². The minimum atomic E-state index is -0.604. The summed E-state index contributed by atoms with van der Waals surface area (Å²) in [5.74, 6) is -1.55. The van der Waals surface area contributed by atoms with E-state index in [1.54, 1.807) is 12.1 Å². The Balaban J connectivity index is 2.16. The van der Waals surface area contributed by atoms with Crippen molar-refractivity contribution in [1.82, 2.24) is 4.90 Å². The maximum atomic E-state index is 14.0. The van der Waals surface area contributed by atoms with E-state index in [-0.39, 0.29) is 18.4 Å². The highest BCUT2D eigenvalue weighted by Gasteiger charge is 2.37. The van der Waals surface area contributed by atoms with E-state index in [1.165, 1.54) is 20.3 Å². The van der Waals surface area contributed by atoms with Crippen molar-refractivity contribution in [1.29, 1.82) is 0 Å². The van der Waals surface area contributed by atoms with Crippen molar-refractivity contribution in [3.05, 3.63) is 34.6 Å². The average Bonchev–Trinajstić information content (AvgIpc) is 2.56. The molecule has 2 unspecified atom stereocenters. The monoisotopic (exact) mass is 343 g/mol. The van der Waals surface area contributed by atoms with Crippen LogP contribution in [0.5, 0.6) is 0 Å². The van der Waals surface area contributed by atoms with E-state index in [9.17, 15) is 14.0 Å². The number of likely N-dealkylation sites (tertiary alicyclic amines) is 1. The molecular weight excluding hydrogens is 325 g/mol. The van der Waals surface area contributed by atoms with Gasteiger partial charge in [0.2, 0.25) is 0 Å². The second-order valence-electron chi connectivity index (χ2n) is 5.49. The summed E-state index contributed by atoms with van der Waals surface area (Å²) >= 11 is 5.75. The van der Waals surface area contributed by atoms with Crippen LogP contribution >= 0.6 is 11.6 Å². The average molecular weight is 344 g/mol. The van der Waals surface area contributed by atoms with Crippen LogP contribution in [0.15, 0.2) is 18.2 Å². The number of methoxy groups -OCH3 is 2. The van der Waals surface area contributed by atoms with E-state index < -0.39 is 17.8 Å². The summed E-state index contributed by atoms with van der Waals surface area (Å²) in [7, 11) is 2.62. The van der Waals surface area contributed by atoms with Crippen LogP contribution in [0.25, 0.3) is 0 Å². The number of nitrogens with zero attached hydrogens (tertiary/aromatic N) is 1. The summed E-state index contributed by atoms with van der Waals surface area (Å²) in [6.45, 7) is 0.720. The molecule has 1 aliphatic heterocycles. The van der Waals surface area contributed by atoms with Crippen molar-refractivity contribution in [3.8, 4) is 0 Å². The molecule has 7 heteroatoms. The summed E-state index contributed by atoms with van der Waals surface area (Å²) in [6, 6.07) is 3.84. The zero-order chi connectivity index (χ0) is 17.0. The van der Waals surface area contributed by atoms with E-state index in [1.807, 2.05) is 4.90 Å². The number of rotatable bonds is 4. The Bertz CT molecular complexity index is 595. The highest BCUT2D eigenvalue weighted by atomic mass is 35.5. The molecule has 0 bridgehead atoms. The summed E-state index contributed by atoms with van der Waals surface area (Å²) in [4.78, 5) is 25.6.